The van der Waals surface area contributed by atoms with Crippen LogP contribution >= 0.6 is 12.2 Å². The van der Waals surface area contributed by atoms with E-state index < -0.39 is 0 Å². The molecule has 2 N–H and O–H groups in total. The van der Waals surface area contributed by atoms with Crippen LogP contribution in [0.4, 0.5) is 0 Å². The Morgan fingerprint density at radius 3 is 2.60 bits per heavy atom. The van der Waals surface area contributed by atoms with Crippen molar-refractivity contribution in [2.45, 2.75) is 20.3 Å². The summed E-state index contributed by atoms with van der Waals surface area (Å²) >= 11 is 4.82. The summed E-state index contributed by atoms with van der Waals surface area (Å²) in [5.74, 6) is 0. The Balaban J connectivity index is 3.75. The van der Waals surface area contributed by atoms with E-state index in [-0.39, 0.29) is 0 Å². The highest BCUT2D eigenvalue weighted by molar-refractivity contribution is 7.80. The molecule has 0 heterocycles. The Hall–Kier alpha value is -0.570. The fraction of sp³-hybridized carbons (Fsp3) is 0.571. The molecule has 0 aliphatic carbocycles. The molecule has 10 heavy (non-hydrogen) atoms. The number of hydrogen-bond acceptors (Lipinski definition) is 3. The molecule has 0 unspecified atom stereocenters. The molecule has 0 saturated heterocycles. The molecular weight excluding hydrogens is 146 g/mol. The van der Waals surface area contributed by atoms with Crippen LogP contribution in [0.1, 0.15) is 20.3 Å². The number of allylic oxidation sites excluding steroid dienone is 1. The predicted octanol–water partition coefficient (Wildman–Crippen LogP) is 1.60. The molecule has 0 fully saturated rings. The van der Waals surface area contributed by atoms with Crippen LogP contribution in [0.2, 0.25) is 0 Å². The lowest BCUT2D eigenvalue weighted by molar-refractivity contribution is 0.339. The van der Waals surface area contributed by atoms with E-state index in [1.807, 2.05) is 13.8 Å². The van der Waals surface area contributed by atoms with Crippen molar-refractivity contribution in [2.75, 3.05) is 6.61 Å². The monoisotopic (exact) mass is 159 g/mol. The lowest BCUT2D eigenvalue weighted by Crippen LogP contribution is -2.02. The average molecular weight is 159 g/mol. The standard InChI is InChI=1S/C7H13NOS/c1-3-6(8)5-7(10)9-4-2/h5H,3-4,8H2,1-2H3/b6-5-. The summed E-state index contributed by atoms with van der Waals surface area (Å²) in [6.45, 7) is 4.47. The van der Waals surface area contributed by atoms with Gasteiger partial charge in [0, 0.05) is 11.8 Å². The third-order valence-corrected chi connectivity index (χ3v) is 1.23. The summed E-state index contributed by atoms with van der Waals surface area (Å²) in [7, 11) is 0. The zero-order valence-corrected chi connectivity index (χ0v) is 7.20. The van der Waals surface area contributed by atoms with E-state index in [1.54, 1.807) is 6.08 Å². The second kappa shape index (κ2) is 5.23. The molecule has 0 aromatic rings. The van der Waals surface area contributed by atoms with Crippen LogP contribution in [-0.2, 0) is 4.74 Å². The van der Waals surface area contributed by atoms with E-state index in [1.165, 1.54) is 0 Å². The molecule has 0 amide bonds. The molecule has 0 atom stereocenters. The van der Waals surface area contributed by atoms with Crippen molar-refractivity contribution in [3.63, 3.8) is 0 Å². The van der Waals surface area contributed by atoms with Crippen molar-refractivity contribution in [1.29, 1.82) is 0 Å². The molecule has 0 aromatic heterocycles. The predicted molar refractivity (Wildman–Crippen MR) is 46.8 cm³/mol. The van der Waals surface area contributed by atoms with Crippen molar-refractivity contribution in [2.24, 2.45) is 5.73 Å². The smallest absolute Gasteiger partial charge is 0.185 e. The van der Waals surface area contributed by atoms with Gasteiger partial charge in [-0.1, -0.05) is 6.92 Å². The zero-order chi connectivity index (χ0) is 7.98. The van der Waals surface area contributed by atoms with E-state index in [0.29, 0.717) is 11.7 Å². The molecule has 2 nitrogen and oxygen atoms in total. The Bertz CT molecular complexity index is 143. The Morgan fingerprint density at radius 1 is 1.60 bits per heavy atom. The van der Waals surface area contributed by atoms with Gasteiger partial charge in [0.05, 0.1) is 6.61 Å². The highest BCUT2D eigenvalue weighted by atomic mass is 32.1. The van der Waals surface area contributed by atoms with Crippen molar-refractivity contribution in [1.82, 2.24) is 0 Å². The number of rotatable bonds is 3. The number of hydrogen-bond donors (Lipinski definition) is 1. The van der Waals surface area contributed by atoms with Gasteiger partial charge in [0.25, 0.3) is 0 Å². The van der Waals surface area contributed by atoms with Gasteiger partial charge in [-0.25, -0.2) is 0 Å². The maximum Gasteiger partial charge on any atom is 0.185 e. The minimum Gasteiger partial charge on any atom is -0.484 e. The Morgan fingerprint density at radius 2 is 2.20 bits per heavy atom. The van der Waals surface area contributed by atoms with Crippen LogP contribution in [0.5, 0.6) is 0 Å². The van der Waals surface area contributed by atoms with Gasteiger partial charge in [-0.3, -0.25) is 0 Å². The summed E-state index contributed by atoms with van der Waals surface area (Å²) in [4.78, 5) is 0. The van der Waals surface area contributed by atoms with E-state index in [9.17, 15) is 0 Å². The summed E-state index contributed by atoms with van der Waals surface area (Å²) < 4.78 is 4.99. The lowest BCUT2D eigenvalue weighted by Gasteiger charge is -1.99. The molecule has 0 spiro atoms. The van der Waals surface area contributed by atoms with Crippen LogP contribution in [0.15, 0.2) is 11.8 Å². The molecule has 0 aliphatic heterocycles. The Labute approximate surface area is 67.1 Å². The van der Waals surface area contributed by atoms with E-state index in [2.05, 4.69) is 0 Å². The van der Waals surface area contributed by atoms with Crippen LogP contribution in [0.25, 0.3) is 0 Å². The molecule has 0 rings (SSSR count). The zero-order valence-electron chi connectivity index (χ0n) is 6.39. The second-order valence-corrected chi connectivity index (χ2v) is 2.23. The van der Waals surface area contributed by atoms with Gasteiger partial charge in [-0.05, 0) is 25.6 Å². The molecule has 0 radical (unpaired) electrons. The van der Waals surface area contributed by atoms with E-state index in [4.69, 9.17) is 22.7 Å². The second-order valence-electron chi connectivity index (χ2n) is 1.82. The Kier molecular flexibility index (Phi) is 4.94. The fourth-order valence-corrected chi connectivity index (χ4v) is 0.707. The number of thiocarbonyl (C=S) groups is 1. The van der Waals surface area contributed by atoms with Crippen molar-refractivity contribution < 1.29 is 4.74 Å². The van der Waals surface area contributed by atoms with E-state index >= 15 is 0 Å². The topological polar surface area (TPSA) is 35.2 Å². The van der Waals surface area contributed by atoms with Gasteiger partial charge in [-0.2, -0.15) is 0 Å². The minimum absolute atomic E-state index is 0.474. The first-order valence-electron chi connectivity index (χ1n) is 3.33. The van der Waals surface area contributed by atoms with Crippen LogP contribution in [0.3, 0.4) is 0 Å². The maximum atomic E-state index is 5.50. The van der Waals surface area contributed by atoms with Gasteiger partial charge >= 0.3 is 0 Å². The average Bonchev–Trinajstić information content (AvgIpc) is 1.88. The number of nitrogens with two attached hydrogens (primary N) is 1. The third-order valence-electron chi connectivity index (χ3n) is 0.998. The summed E-state index contributed by atoms with van der Waals surface area (Å²) in [5.41, 5.74) is 6.26. The molecule has 0 aliphatic rings. The molecule has 3 heteroatoms. The molecule has 58 valence electrons. The maximum absolute atomic E-state index is 5.50. The quantitative estimate of drug-likeness (QED) is 0.502. The molecule has 0 aromatic carbocycles. The first-order chi connectivity index (χ1) is 4.70. The highest BCUT2D eigenvalue weighted by Gasteiger charge is 1.90. The minimum atomic E-state index is 0.474. The lowest BCUT2D eigenvalue weighted by atomic mass is 10.3. The van der Waals surface area contributed by atoms with Crippen LogP contribution in [0, 0.1) is 0 Å². The molecule has 0 saturated carbocycles. The van der Waals surface area contributed by atoms with Crippen molar-refractivity contribution >= 4 is 17.3 Å². The normalized spacial score (nSPS) is 11.2. The molecular formula is C7H13NOS. The summed E-state index contributed by atoms with van der Waals surface area (Å²) in [5, 5.41) is 0.474. The van der Waals surface area contributed by atoms with Gasteiger partial charge < -0.3 is 10.5 Å². The third kappa shape index (κ3) is 4.32. The van der Waals surface area contributed by atoms with Crippen molar-refractivity contribution in [3.8, 4) is 0 Å². The largest absolute Gasteiger partial charge is 0.484 e. The van der Waals surface area contributed by atoms with Crippen molar-refractivity contribution in [3.05, 3.63) is 11.8 Å². The van der Waals surface area contributed by atoms with Gasteiger partial charge in [0.15, 0.2) is 5.05 Å². The fourth-order valence-electron chi connectivity index (χ4n) is 0.437. The SMILES string of the molecule is CCOC(=S)/C=C(\N)CC. The first-order valence-corrected chi connectivity index (χ1v) is 3.74. The van der Waals surface area contributed by atoms with Crippen LogP contribution < -0.4 is 5.73 Å². The van der Waals surface area contributed by atoms with Gasteiger partial charge in [0.2, 0.25) is 0 Å². The number of ether oxygens (including phenoxy) is 1. The highest BCUT2D eigenvalue weighted by Crippen LogP contribution is 1.93. The van der Waals surface area contributed by atoms with E-state index in [0.717, 1.165) is 12.1 Å². The summed E-state index contributed by atoms with van der Waals surface area (Å²) in [6.07, 6.45) is 2.49. The molecule has 0 bridgehead atoms. The van der Waals surface area contributed by atoms with Gasteiger partial charge in [0.1, 0.15) is 0 Å². The van der Waals surface area contributed by atoms with Crippen LogP contribution in [-0.4, -0.2) is 11.7 Å². The summed E-state index contributed by atoms with van der Waals surface area (Å²) in [6, 6.07) is 0. The first kappa shape index (κ1) is 9.43. The van der Waals surface area contributed by atoms with Gasteiger partial charge in [-0.15, -0.1) is 0 Å².